The molecule has 0 radical (unpaired) electrons. The van der Waals surface area contributed by atoms with E-state index in [2.05, 4.69) is 0 Å². The number of aromatic hydroxyl groups is 1. The fourth-order valence-corrected chi connectivity index (χ4v) is 1.46. The predicted molar refractivity (Wildman–Crippen MR) is 39.0 cm³/mol. The smallest absolute Gasteiger partial charge is 0.407 e. The summed E-state index contributed by atoms with van der Waals surface area (Å²) in [7, 11) is 0. The van der Waals surface area contributed by atoms with E-state index in [1.54, 1.807) is 0 Å². The molecule has 0 spiro atoms. The van der Waals surface area contributed by atoms with Gasteiger partial charge in [-0.2, -0.15) is 13.2 Å². The van der Waals surface area contributed by atoms with Crippen LogP contribution in [-0.4, -0.2) is 11.3 Å². The zero-order chi connectivity index (χ0) is 9.35. The first-order valence-electron chi connectivity index (χ1n) is 3.00. The van der Waals surface area contributed by atoms with Crippen LogP contribution in [0.5, 0.6) is 5.75 Å². The number of hydrogen-bond donors (Lipinski definition) is 2. The second-order valence-corrected chi connectivity index (χ2v) is 2.98. The van der Waals surface area contributed by atoms with Crippen LogP contribution in [0.25, 0.3) is 0 Å². The maximum Gasteiger partial charge on any atom is 0.407 e. The Morgan fingerprint density at radius 2 is 2.00 bits per heavy atom. The van der Waals surface area contributed by atoms with Gasteiger partial charge in [-0.25, -0.2) is 0 Å². The fourth-order valence-electron chi connectivity index (χ4n) is 0.709. The van der Waals surface area contributed by atoms with E-state index >= 15 is 0 Å². The van der Waals surface area contributed by atoms with Crippen LogP contribution in [0.3, 0.4) is 0 Å². The molecule has 0 saturated carbocycles. The SMILES string of the molecule is N[C@@H](c1cscc1O)C(F)(F)F. The Morgan fingerprint density at radius 1 is 1.42 bits per heavy atom. The summed E-state index contributed by atoms with van der Waals surface area (Å²) in [6.07, 6.45) is -4.50. The van der Waals surface area contributed by atoms with Crippen LogP contribution in [0.15, 0.2) is 10.8 Å². The highest BCUT2D eigenvalue weighted by molar-refractivity contribution is 7.08. The van der Waals surface area contributed by atoms with Gasteiger partial charge in [0.05, 0.1) is 0 Å². The molecule has 0 aliphatic carbocycles. The molecule has 1 rings (SSSR count). The standard InChI is InChI=1S/C6H6F3NOS/c7-6(8,9)5(10)3-1-12-2-4(3)11/h1-2,5,11H,10H2/t5-/m0/s1. The largest absolute Gasteiger partial charge is 0.507 e. The maximum absolute atomic E-state index is 12.0. The number of alkyl halides is 3. The van der Waals surface area contributed by atoms with E-state index in [1.165, 1.54) is 10.8 Å². The van der Waals surface area contributed by atoms with Crippen LogP contribution >= 0.6 is 11.3 Å². The van der Waals surface area contributed by atoms with Gasteiger partial charge in [-0.05, 0) is 5.38 Å². The molecule has 0 fully saturated rings. The van der Waals surface area contributed by atoms with Crippen LogP contribution in [0.4, 0.5) is 13.2 Å². The molecule has 0 bridgehead atoms. The Bertz CT molecular complexity index is 270. The molecule has 1 heterocycles. The van der Waals surface area contributed by atoms with Crippen LogP contribution in [0.1, 0.15) is 11.6 Å². The monoisotopic (exact) mass is 197 g/mol. The molecule has 0 amide bonds. The first-order valence-corrected chi connectivity index (χ1v) is 3.94. The van der Waals surface area contributed by atoms with E-state index in [4.69, 9.17) is 10.8 Å². The second-order valence-electron chi connectivity index (χ2n) is 2.23. The van der Waals surface area contributed by atoms with Gasteiger partial charge in [-0.3, -0.25) is 0 Å². The Morgan fingerprint density at radius 3 is 2.33 bits per heavy atom. The zero-order valence-electron chi connectivity index (χ0n) is 5.80. The van der Waals surface area contributed by atoms with Gasteiger partial charge in [0.25, 0.3) is 0 Å². The molecule has 1 atom stereocenters. The molecule has 3 N–H and O–H groups in total. The van der Waals surface area contributed by atoms with Crippen molar-refractivity contribution in [2.45, 2.75) is 12.2 Å². The lowest BCUT2D eigenvalue weighted by Crippen LogP contribution is -2.27. The van der Waals surface area contributed by atoms with Crippen molar-refractivity contribution in [2.24, 2.45) is 5.73 Å². The van der Waals surface area contributed by atoms with E-state index < -0.39 is 18.0 Å². The summed E-state index contributed by atoms with van der Waals surface area (Å²) in [5, 5.41) is 11.3. The third-order valence-electron chi connectivity index (χ3n) is 1.36. The Kier molecular flexibility index (Phi) is 2.29. The lowest BCUT2D eigenvalue weighted by atomic mass is 10.1. The van der Waals surface area contributed by atoms with Gasteiger partial charge in [0.1, 0.15) is 11.8 Å². The minimum absolute atomic E-state index is 0.271. The average Bonchev–Trinajstić information content (AvgIpc) is 2.31. The van der Waals surface area contributed by atoms with E-state index in [1.807, 2.05) is 0 Å². The number of nitrogens with two attached hydrogens (primary N) is 1. The van der Waals surface area contributed by atoms with Crippen molar-refractivity contribution in [1.82, 2.24) is 0 Å². The molecule has 1 aromatic heterocycles. The summed E-state index contributed by atoms with van der Waals surface area (Å²) in [5.41, 5.74) is 4.57. The van der Waals surface area contributed by atoms with Gasteiger partial charge < -0.3 is 10.8 Å². The lowest BCUT2D eigenvalue weighted by molar-refractivity contribution is -0.149. The first kappa shape index (κ1) is 9.34. The molecule has 6 heteroatoms. The molecular formula is C6H6F3NOS. The second kappa shape index (κ2) is 2.95. The third-order valence-corrected chi connectivity index (χ3v) is 2.11. The van der Waals surface area contributed by atoms with E-state index in [9.17, 15) is 13.2 Å². The minimum atomic E-state index is -4.50. The first-order chi connectivity index (χ1) is 5.43. The van der Waals surface area contributed by atoms with Gasteiger partial charge >= 0.3 is 6.18 Å². The highest BCUT2D eigenvalue weighted by Gasteiger charge is 2.39. The lowest BCUT2D eigenvalue weighted by Gasteiger charge is -2.14. The van der Waals surface area contributed by atoms with Gasteiger partial charge in [0, 0.05) is 10.9 Å². The van der Waals surface area contributed by atoms with Crippen molar-refractivity contribution < 1.29 is 18.3 Å². The maximum atomic E-state index is 12.0. The summed E-state index contributed by atoms with van der Waals surface area (Å²) >= 11 is 0.981. The molecule has 0 aromatic carbocycles. The Labute approximate surface area is 70.4 Å². The van der Waals surface area contributed by atoms with Crippen molar-refractivity contribution in [2.75, 3.05) is 0 Å². The molecule has 12 heavy (non-hydrogen) atoms. The van der Waals surface area contributed by atoms with Crippen LogP contribution in [-0.2, 0) is 0 Å². The predicted octanol–water partition coefficient (Wildman–Crippen LogP) is 2.02. The molecule has 0 aliphatic heterocycles. The van der Waals surface area contributed by atoms with Crippen LogP contribution in [0, 0.1) is 0 Å². The van der Waals surface area contributed by atoms with Crippen molar-refractivity contribution in [3.05, 3.63) is 16.3 Å². The van der Waals surface area contributed by atoms with E-state index in [0.29, 0.717) is 0 Å². The van der Waals surface area contributed by atoms with Crippen molar-refractivity contribution in [3.63, 3.8) is 0 Å². The van der Waals surface area contributed by atoms with Gasteiger partial charge in [0.15, 0.2) is 0 Å². The summed E-state index contributed by atoms with van der Waals surface area (Å²) < 4.78 is 35.9. The number of rotatable bonds is 1. The van der Waals surface area contributed by atoms with E-state index in [0.717, 1.165) is 11.3 Å². The Balaban J connectivity index is 2.92. The van der Waals surface area contributed by atoms with Crippen molar-refractivity contribution >= 4 is 11.3 Å². The Hall–Kier alpha value is -0.750. The van der Waals surface area contributed by atoms with Crippen LogP contribution < -0.4 is 5.73 Å². The van der Waals surface area contributed by atoms with Crippen molar-refractivity contribution in [1.29, 1.82) is 0 Å². The molecule has 0 aliphatic rings. The normalized spacial score (nSPS) is 14.7. The average molecular weight is 197 g/mol. The number of halogens is 3. The molecule has 1 aromatic rings. The summed E-state index contributed by atoms with van der Waals surface area (Å²) in [6.45, 7) is 0. The minimum Gasteiger partial charge on any atom is -0.507 e. The molecule has 0 unspecified atom stereocenters. The number of hydrogen-bond acceptors (Lipinski definition) is 3. The molecular weight excluding hydrogens is 191 g/mol. The summed E-state index contributed by atoms with van der Waals surface area (Å²) in [5.74, 6) is -0.398. The van der Waals surface area contributed by atoms with Crippen molar-refractivity contribution in [3.8, 4) is 5.75 Å². The number of thiophene rings is 1. The molecule has 2 nitrogen and oxygen atoms in total. The topological polar surface area (TPSA) is 46.2 Å². The van der Waals surface area contributed by atoms with Gasteiger partial charge in [-0.15, -0.1) is 11.3 Å². The van der Waals surface area contributed by atoms with E-state index in [-0.39, 0.29) is 5.56 Å². The quantitative estimate of drug-likeness (QED) is 0.723. The molecule has 0 saturated heterocycles. The summed E-state index contributed by atoms with van der Waals surface area (Å²) in [4.78, 5) is 0. The highest BCUT2D eigenvalue weighted by Crippen LogP contribution is 2.36. The fraction of sp³-hybridized carbons (Fsp3) is 0.333. The van der Waals surface area contributed by atoms with Crippen LogP contribution in [0.2, 0.25) is 0 Å². The van der Waals surface area contributed by atoms with Gasteiger partial charge in [0.2, 0.25) is 0 Å². The zero-order valence-corrected chi connectivity index (χ0v) is 6.62. The third kappa shape index (κ3) is 1.70. The summed E-state index contributed by atoms with van der Waals surface area (Å²) in [6, 6.07) is -2.09. The van der Waals surface area contributed by atoms with Gasteiger partial charge in [-0.1, -0.05) is 0 Å². The molecule has 68 valence electrons. The highest BCUT2D eigenvalue weighted by atomic mass is 32.1.